The van der Waals surface area contributed by atoms with E-state index in [1.807, 2.05) is 10.9 Å². The Kier molecular flexibility index (Phi) is 5.61. The molecule has 0 radical (unpaired) electrons. The third-order valence-electron chi connectivity index (χ3n) is 3.88. The number of rotatable bonds is 1. The number of hydrogen-bond donors (Lipinski definition) is 2. The van der Waals surface area contributed by atoms with E-state index in [2.05, 4.69) is 38.2 Å². The van der Waals surface area contributed by atoms with Crippen LogP contribution >= 0.6 is 0 Å². The lowest BCUT2D eigenvalue weighted by Crippen LogP contribution is -2.42. The van der Waals surface area contributed by atoms with E-state index in [0.717, 1.165) is 13.1 Å². The summed E-state index contributed by atoms with van der Waals surface area (Å²) in [5.74, 6) is -2.13. The highest BCUT2D eigenvalue weighted by Gasteiger charge is 2.38. The van der Waals surface area contributed by atoms with Gasteiger partial charge in [-0.2, -0.15) is 18.3 Å². The summed E-state index contributed by atoms with van der Waals surface area (Å²) >= 11 is 0. The molecule has 0 spiro atoms. The molecule has 5 nitrogen and oxygen atoms in total. The minimum atomic E-state index is -5.08. The van der Waals surface area contributed by atoms with Gasteiger partial charge in [-0.3, -0.25) is 4.68 Å². The molecular formula is C14H22F3N3O2. The third-order valence-corrected chi connectivity index (χ3v) is 3.88. The van der Waals surface area contributed by atoms with Crippen LogP contribution in [0.1, 0.15) is 37.4 Å². The summed E-state index contributed by atoms with van der Waals surface area (Å²) < 4.78 is 33.8. The number of nitrogens with zero attached hydrogens (tertiary/aromatic N) is 2. The Morgan fingerprint density at radius 2 is 2.05 bits per heavy atom. The van der Waals surface area contributed by atoms with Crippen molar-refractivity contribution < 1.29 is 23.1 Å². The van der Waals surface area contributed by atoms with Crippen molar-refractivity contribution >= 4 is 5.97 Å². The molecule has 0 aromatic carbocycles. The zero-order valence-corrected chi connectivity index (χ0v) is 13.2. The van der Waals surface area contributed by atoms with E-state index in [1.165, 1.54) is 17.7 Å². The van der Waals surface area contributed by atoms with E-state index in [-0.39, 0.29) is 0 Å². The van der Waals surface area contributed by atoms with E-state index >= 15 is 0 Å². The van der Waals surface area contributed by atoms with Crippen LogP contribution in [0.4, 0.5) is 13.2 Å². The number of nitrogens with one attached hydrogen (secondary N) is 1. The standard InChI is InChI=1S/C12H21N3.C2HF3O2/c1-9-7-14-15(4)11(9)10-5-6-13-8-12(10,2)3;3-2(4,5)1(6)7/h7,10,13H,5-6,8H2,1-4H3;(H,6,7). The molecule has 1 aromatic heterocycles. The lowest BCUT2D eigenvalue weighted by Gasteiger charge is -2.39. The van der Waals surface area contributed by atoms with Gasteiger partial charge in [0.15, 0.2) is 0 Å². The first-order valence-corrected chi connectivity index (χ1v) is 6.96. The van der Waals surface area contributed by atoms with Gasteiger partial charge in [-0.25, -0.2) is 4.79 Å². The van der Waals surface area contributed by atoms with Crippen LogP contribution in [0.5, 0.6) is 0 Å². The lowest BCUT2D eigenvalue weighted by molar-refractivity contribution is -0.192. The molecule has 0 bridgehead atoms. The molecule has 1 unspecified atom stereocenters. The molecule has 1 fully saturated rings. The molecule has 1 aliphatic rings. The Morgan fingerprint density at radius 3 is 2.41 bits per heavy atom. The normalized spacial score (nSPS) is 21.0. The van der Waals surface area contributed by atoms with Gasteiger partial charge in [-0.1, -0.05) is 13.8 Å². The maximum Gasteiger partial charge on any atom is 0.490 e. The quantitative estimate of drug-likeness (QED) is 0.834. The van der Waals surface area contributed by atoms with Gasteiger partial charge in [0.1, 0.15) is 0 Å². The number of aromatic nitrogens is 2. The molecule has 8 heteroatoms. The van der Waals surface area contributed by atoms with Crippen LogP contribution < -0.4 is 5.32 Å². The molecule has 0 amide bonds. The summed E-state index contributed by atoms with van der Waals surface area (Å²) in [7, 11) is 2.06. The molecule has 2 rings (SSSR count). The smallest absolute Gasteiger partial charge is 0.475 e. The van der Waals surface area contributed by atoms with E-state index in [9.17, 15) is 13.2 Å². The fourth-order valence-corrected chi connectivity index (χ4v) is 2.73. The number of carboxylic acid groups (broad SMARTS) is 1. The van der Waals surface area contributed by atoms with E-state index < -0.39 is 12.1 Å². The van der Waals surface area contributed by atoms with Crippen molar-refractivity contribution in [2.24, 2.45) is 12.5 Å². The molecule has 2 N–H and O–H groups in total. The molecule has 0 saturated carbocycles. The predicted octanol–water partition coefficient (Wildman–Crippen LogP) is 2.46. The number of hydrogen-bond acceptors (Lipinski definition) is 3. The van der Waals surface area contributed by atoms with Crippen LogP contribution in [0, 0.1) is 12.3 Å². The van der Waals surface area contributed by atoms with Crippen molar-refractivity contribution in [2.45, 2.75) is 39.3 Å². The summed E-state index contributed by atoms with van der Waals surface area (Å²) in [6.07, 6.45) is -1.89. The zero-order chi connectivity index (χ0) is 17.1. The summed E-state index contributed by atoms with van der Waals surface area (Å²) in [5, 5.41) is 15.0. The lowest BCUT2D eigenvalue weighted by atomic mass is 9.72. The summed E-state index contributed by atoms with van der Waals surface area (Å²) in [6.45, 7) is 9.08. The second kappa shape index (κ2) is 6.68. The number of halogens is 3. The Labute approximate surface area is 127 Å². The van der Waals surface area contributed by atoms with Crippen LogP contribution in [-0.4, -0.2) is 40.1 Å². The van der Waals surface area contributed by atoms with Crippen molar-refractivity contribution in [3.63, 3.8) is 0 Å². The number of piperidine rings is 1. The molecular weight excluding hydrogens is 299 g/mol. The van der Waals surface area contributed by atoms with Gasteiger partial charge in [0, 0.05) is 25.2 Å². The Hall–Kier alpha value is -1.57. The number of aliphatic carboxylic acids is 1. The molecule has 1 saturated heterocycles. The largest absolute Gasteiger partial charge is 0.490 e. The zero-order valence-electron chi connectivity index (χ0n) is 13.2. The highest BCUT2D eigenvalue weighted by atomic mass is 19.4. The van der Waals surface area contributed by atoms with Crippen LogP contribution in [0.2, 0.25) is 0 Å². The van der Waals surface area contributed by atoms with Crippen molar-refractivity contribution in [3.05, 3.63) is 17.5 Å². The van der Waals surface area contributed by atoms with Crippen molar-refractivity contribution in [3.8, 4) is 0 Å². The first-order valence-electron chi connectivity index (χ1n) is 6.96. The molecule has 0 aliphatic carbocycles. The van der Waals surface area contributed by atoms with Gasteiger partial charge >= 0.3 is 12.1 Å². The van der Waals surface area contributed by atoms with Crippen molar-refractivity contribution in [1.82, 2.24) is 15.1 Å². The van der Waals surface area contributed by atoms with Gasteiger partial charge in [-0.05, 0) is 30.9 Å². The monoisotopic (exact) mass is 321 g/mol. The van der Waals surface area contributed by atoms with Gasteiger partial charge < -0.3 is 10.4 Å². The SMILES string of the molecule is Cc1cnn(C)c1C1CCNCC1(C)C.O=C(O)C(F)(F)F. The topological polar surface area (TPSA) is 67.2 Å². The average Bonchev–Trinajstić information content (AvgIpc) is 2.69. The molecule has 126 valence electrons. The van der Waals surface area contributed by atoms with Crippen molar-refractivity contribution in [1.29, 1.82) is 0 Å². The predicted molar refractivity (Wildman–Crippen MR) is 75.6 cm³/mol. The van der Waals surface area contributed by atoms with Gasteiger partial charge in [-0.15, -0.1) is 0 Å². The Morgan fingerprint density at radius 1 is 1.50 bits per heavy atom. The second-order valence-electron chi connectivity index (χ2n) is 6.15. The van der Waals surface area contributed by atoms with Gasteiger partial charge in [0.25, 0.3) is 0 Å². The highest BCUT2D eigenvalue weighted by Crippen LogP contribution is 2.40. The maximum absolute atomic E-state index is 10.6. The maximum atomic E-state index is 10.6. The number of carboxylic acids is 1. The summed E-state index contributed by atoms with van der Waals surface area (Å²) in [4.78, 5) is 8.90. The average molecular weight is 321 g/mol. The molecule has 1 aromatic rings. The fraction of sp³-hybridized carbons (Fsp3) is 0.714. The second-order valence-corrected chi connectivity index (χ2v) is 6.15. The Balaban J connectivity index is 0.000000295. The van der Waals surface area contributed by atoms with Crippen LogP contribution in [0.3, 0.4) is 0 Å². The Bertz CT molecular complexity index is 504. The first-order chi connectivity index (χ1) is 9.97. The minimum Gasteiger partial charge on any atom is -0.475 e. The minimum absolute atomic E-state index is 0.330. The fourth-order valence-electron chi connectivity index (χ4n) is 2.73. The van der Waals surface area contributed by atoms with Crippen LogP contribution in [0.15, 0.2) is 6.20 Å². The third kappa shape index (κ3) is 4.46. The number of aryl methyl sites for hydroxylation is 2. The van der Waals surface area contributed by atoms with Crippen LogP contribution in [-0.2, 0) is 11.8 Å². The molecule has 1 aliphatic heterocycles. The number of alkyl halides is 3. The van der Waals surface area contributed by atoms with Gasteiger partial charge in [0.05, 0.1) is 6.20 Å². The van der Waals surface area contributed by atoms with E-state index in [1.54, 1.807) is 0 Å². The molecule has 1 atom stereocenters. The molecule has 2 heterocycles. The number of carbonyl (C=O) groups is 1. The summed E-state index contributed by atoms with van der Waals surface area (Å²) in [6, 6.07) is 0. The van der Waals surface area contributed by atoms with Crippen LogP contribution in [0.25, 0.3) is 0 Å². The van der Waals surface area contributed by atoms with E-state index in [0.29, 0.717) is 11.3 Å². The van der Waals surface area contributed by atoms with E-state index in [4.69, 9.17) is 9.90 Å². The summed E-state index contributed by atoms with van der Waals surface area (Å²) in [5.41, 5.74) is 3.08. The first kappa shape index (κ1) is 18.5. The highest BCUT2D eigenvalue weighted by molar-refractivity contribution is 5.73. The molecule has 22 heavy (non-hydrogen) atoms. The van der Waals surface area contributed by atoms with Crippen molar-refractivity contribution in [2.75, 3.05) is 13.1 Å². The van der Waals surface area contributed by atoms with Gasteiger partial charge in [0.2, 0.25) is 0 Å².